The molecule has 2 N–H and O–H groups in total. The molecule has 216 valence electrons. The number of rotatable bonds is 15. The number of hydrogen-bond acceptors (Lipinski definition) is 10. The number of allylic oxidation sites excluding steroid dienone is 4. The van der Waals surface area contributed by atoms with Crippen LogP contribution in [-0.4, -0.2) is 61.2 Å². The maximum absolute atomic E-state index is 12.8. The third kappa shape index (κ3) is 8.17. The minimum absolute atomic E-state index is 0.0727. The molecule has 2 rings (SSSR count). The summed E-state index contributed by atoms with van der Waals surface area (Å²) in [7, 11) is -0.949. The van der Waals surface area contributed by atoms with Gasteiger partial charge in [-0.05, 0) is 52.5 Å². The fourth-order valence-corrected chi connectivity index (χ4v) is 5.51. The number of carboxylic acids is 1. The number of carbonyl (C=O) groups excluding carboxylic acids is 2. The third-order valence-electron chi connectivity index (χ3n) is 6.35. The predicted molar refractivity (Wildman–Crippen MR) is 142 cm³/mol. The van der Waals surface area contributed by atoms with Gasteiger partial charge < -0.3 is 28.9 Å². The summed E-state index contributed by atoms with van der Waals surface area (Å²) in [4.78, 5) is 35.7. The Kier molecular flexibility index (Phi) is 11.8. The van der Waals surface area contributed by atoms with E-state index in [4.69, 9.17) is 23.3 Å². The first-order valence-corrected chi connectivity index (χ1v) is 14.2. The van der Waals surface area contributed by atoms with Crippen LogP contribution in [0.5, 0.6) is 11.5 Å². The minimum atomic E-state index is -3.63. The van der Waals surface area contributed by atoms with E-state index < -0.39 is 37.5 Å². The number of phenols is 1. The van der Waals surface area contributed by atoms with Crippen molar-refractivity contribution in [2.45, 2.75) is 59.7 Å². The average molecular weight is 569 g/mol. The molecule has 0 aliphatic carbocycles. The number of ether oxygens (including phenoxy) is 3. The Bertz CT molecular complexity index is 1180. The van der Waals surface area contributed by atoms with Crippen molar-refractivity contribution in [2.75, 3.05) is 27.0 Å². The number of esters is 2. The molecule has 0 saturated carbocycles. The van der Waals surface area contributed by atoms with Gasteiger partial charge in [-0.25, -0.2) is 9.59 Å². The van der Waals surface area contributed by atoms with Gasteiger partial charge in [0, 0.05) is 18.2 Å². The third-order valence-corrected chi connectivity index (χ3v) is 8.20. The number of cyclic esters (lactones) is 1. The van der Waals surface area contributed by atoms with Crippen molar-refractivity contribution in [2.24, 2.45) is 5.92 Å². The van der Waals surface area contributed by atoms with Crippen LogP contribution in [0.4, 0.5) is 0 Å². The zero-order valence-electron chi connectivity index (χ0n) is 23.1. The highest BCUT2D eigenvalue weighted by atomic mass is 31.2. The zero-order chi connectivity index (χ0) is 29.3. The highest BCUT2D eigenvalue weighted by molar-refractivity contribution is 7.54. The van der Waals surface area contributed by atoms with Crippen molar-refractivity contribution in [3.8, 4) is 11.5 Å². The standard InChI is InChI=1S/C27H37O11P/c1-7-36-26(31)18(4)38-39(33,35-6)13-9-8-10-19(25(29)30)14-16(2)11-12-20-23(28)22-21(15-37-27(22)32)17(3)24(20)34-5/h8-9,11,18-19,28H,7,10,12-15H2,1-6H3,(H,29,30)/b9-8+,16-11+/t18-,19?,39?/m0/s1. The lowest BCUT2D eigenvalue weighted by Gasteiger charge is -2.19. The second kappa shape index (κ2) is 14.3. The summed E-state index contributed by atoms with van der Waals surface area (Å²) in [5, 5.41) is 20.5. The lowest BCUT2D eigenvalue weighted by atomic mass is 9.93. The number of carbonyl (C=O) groups is 3. The topological polar surface area (TPSA) is 155 Å². The molecule has 39 heavy (non-hydrogen) atoms. The van der Waals surface area contributed by atoms with Gasteiger partial charge in [0.25, 0.3) is 0 Å². The van der Waals surface area contributed by atoms with Crippen molar-refractivity contribution >= 4 is 25.5 Å². The number of benzene rings is 1. The maximum atomic E-state index is 12.8. The van der Waals surface area contributed by atoms with E-state index in [0.717, 1.165) is 5.57 Å². The molecule has 0 radical (unpaired) electrons. The normalized spacial score (nSPS) is 16.4. The molecule has 1 aliphatic rings. The van der Waals surface area contributed by atoms with Gasteiger partial charge >= 0.3 is 25.5 Å². The Hall–Kier alpha value is -3.14. The molecule has 11 nitrogen and oxygen atoms in total. The van der Waals surface area contributed by atoms with Gasteiger partial charge in [-0.3, -0.25) is 13.9 Å². The van der Waals surface area contributed by atoms with Crippen LogP contribution in [0.2, 0.25) is 0 Å². The van der Waals surface area contributed by atoms with Gasteiger partial charge in [-0.1, -0.05) is 23.8 Å². The van der Waals surface area contributed by atoms with Gasteiger partial charge in [0.05, 0.1) is 25.8 Å². The van der Waals surface area contributed by atoms with Crippen molar-refractivity contribution in [1.29, 1.82) is 0 Å². The number of aliphatic carboxylic acids is 1. The number of carboxylic acid groups (broad SMARTS) is 1. The van der Waals surface area contributed by atoms with E-state index in [2.05, 4.69) is 0 Å². The number of methoxy groups -OCH3 is 1. The summed E-state index contributed by atoms with van der Waals surface area (Å²) in [6.45, 7) is 6.85. The summed E-state index contributed by atoms with van der Waals surface area (Å²) in [5.74, 6) is -2.77. The molecule has 2 unspecified atom stereocenters. The van der Waals surface area contributed by atoms with Crippen LogP contribution in [0, 0.1) is 12.8 Å². The van der Waals surface area contributed by atoms with Crippen molar-refractivity contribution < 1.29 is 52.4 Å². The Morgan fingerprint density at radius 3 is 2.51 bits per heavy atom. The monoisotopic (exact) mass is 568 g/mol. The van der Waals surface area contributed by atoms with Crippen molar-refractivity contribution in [3.63, 3.8) is 0 Å². The number of aromatic hydroxyl groups is 1. The van der Waals surface area contributed by atoms with Gasteiger partial charge in [-0.15, -0.1) is 0 Å². The highest BCUT2D eigenvalue weighted by Gasteiger charge is 2.32. The van der Waals surface area contributed by atoms with Crippen LogP contribution in [0.15, 0.2) is 23.8 Å². The molecular formula is C27H37O11P. The fraction of sp³-hybridized carbons (Fsp3) is 0.519. The molecule has 0 saturated heterocycles. The summed E-state index contributed by atoms with van der Waals surface area (Å²) in [5.41, 5.74) is 2.62. The van der Waals surface area contributed by atoms with Crippen LogP contribution in [0.3, 0.4) is 0 Å². The van der Waals surface area contributed by atoms with Gasteiger partial charge in [0.1, 0.15) is 23.7 Å². The molecular weight excluding hydrogens is 531 g/mol. The molecule has 1 aromatic rings. The maximum Gasteiger partial charge on any atom is 0.342 e. The molecule has 0 bridgehead atoms. The fourth-order valence-electron chi connectivity index (χ4n) is 4.22. The summed E-state index contributed by atoms with van der Waals surface area (Å²) >= 11 is 0. The Morgan fingerprint density at radius 1 is 1.23 bits per heavy atom. The lowest BCUT2D eigenvalue weighted by molar-refractivity contribution is -0.150. The second-order valence-electron chi connectivity index (χ2n) is 9.09. The van der Waals surface area contributed by atoms with Crippen LogP contribution in [0.25, 0.3) is 0 Å². The van der Waals surface area contributed by atoms with E-state index in [0.29, 0.717) is 22.4 Å². The Labute approximate surface area is 228 Å². The van der Waals surface area contributed by atoms with Crippen LogP contribution >= 0.6 is 7.60 Å². The van der Waals surface area contributed by atoms with Gasteiger partial charge in [-0.2, -0.15) is 0 Å². The quantitative estimate of drug-likeness (QED) is 0.172. The van der Waals surface area contributed by atoms with E-state index in [1.807, 2.05) is 0 Å². The molecule has 1 aliphatic heterocycles. The van der Waals surface area contributed by atoms with Crippen molar-refractivity contribution in [3.05, 3.63) is 46.1 Å². The van der Waals surface area contributed by atoms with E-state index in [-0.39, 0.29) is 50.0 Å². The molecule has 12 heteroatoms. The van der Waals surface area contributed by atoms with Gasteiger partial charge in [0.2, 0.25) is 0 Å². The number of hydrogen-bond donors (Lipinski definition) is 2. The highest BCUT2D eigenvalue weighted by Crippen LogP contribution is 2.48. The molecule has 0 fully saturated rings. The molecule has 1 aromatic carbocycles. The SMILES string of the molecule is CCOC(=O)[C@H](C)OP(=O)(C/C=C/CC(C/C(C)=C/Cc1c(O)c2c(c(C)c1OC)COC2=O)C(=O)O)OC. The number of fused-ring (bicyclic) bond motifs is 1. The first kappa shape index (κ1) is 32.1. The lowest BCUT2D eigenvalue weighted by Crippen LogP contribution is -2.23. The minimum Gasteiger partial charge on any atom is -0.507 e. The molecule has 0 aromatic heterocycles. The number of phenolic OH excluding ortho intramolecular Hbond substituents is 1. The summed E-state index contributed by atoms with van der Waals surface area (Å²) in [6, 6.07) is 0. The first-order valence-electron chi connectivity index (χ1n) is 12.5. The molecule has 0 spiro atoms. The predicted octanol–water partition coefficient (Wildman–Crippen LogP) is 4.71. The van der Waals surface area contributed by atoms with E-state index in [9.17, 15) is 29.2 Å². The molecule has 1 heterocycles. The van der Waals surface area contributed by atoms with Gasteiger partial charge in [0.15, 0.2) is 6.10 Å². The summed E-state index contributed by atoms with van der Waals surface area (Å²) in [6.07, 6.45) is 4.23. The van der Waals surface area contributed by atoms with E-state index in [1.54, 1.807) is 32.9 Å². The summed E-state index contributed by atoms with van der Waals surface area (Å²) < 4.78 is 38.5. The van der Waals surface area contributed by atoms with Crippen molar-refractivity contribution in [1.82, 2.24) is 0 Å². The Balaban J connectivity index is 2.07. The molecule has 0 amide bonds. The van der Waals surface area contributed by atoms with Crippen LogP contribution < -0.4 is 4.74 Å². The largest absolute Gasteiger partial charge is 0.507 e. The first-order chi connectivity index (χ1) is 18.4. The van der Waals surface area contributed by atoms with Crippen LogP contribution in [-0.2, 0) is 45.7 Å². The van der Waals surface area contributed by atoms with Crippen LogP contribution in [0.1, 0.15) is 60.7 Å². The van der Waals surface area contributed by atoms with E-state index >= 15 is 0 Å². The van der Waals surface area contributed by atoms with E-state index in [1.165, 1.54) is 27.2 Å². The zero-order valence-corrected chi connectivity index (χ0v) is 24.0. The molecule has 3 atom stereocenters. The smallest absolute Gasteiger partial charge is 0.342 e. The second-order valence-corrected chi connectivity index (χ2v) is 11.3. The Morgan fingerprint density at radius 2 is 1.92 bits per heavy atom. The average Bonchev–Trinajstić information content (AvgIpc) is 3.28.